The molecule has 1 atom stereocenters. The van der Waals surface area contributed by atoms with Gasteiger partial charge in [-0.2, -0.15) is 0 Å². The van der Waals surface area contributed by atoms with E-state index in [1.807, 2.05) is 0 Å². The van der Waals surface area contributed by atoms with Gasteiger partial charge in [-0.15, -0.1) is 12.4 Å². The number of amides is 1. The number of benzene rings is 1. The number of carbonyl (C=O) groups excluding carboxylic acids is 1. The van der Waals surface area contributed by atoms with Gasteiger partial charge in [-0.1, -0.05) is 23.7 Å². The molecule has 0 N–H and O–H groups in total. The monoisotopic (exact) mass is 396 g/mol. The van der Waals surface area contributed by atoms with Crippen LogP contribution >= 0.6 is 24.0 Å². The number of carbonyl (C=O) groups is 1. The second-order valence-corrected chi connectivity index (χ2v) is 8.62. The lowest BCUT2D eigenvalue weighted by molar-refractivity contribution is -0.137. The van der Waals surface area contributed by atoms with Crippen LogP contribution in [-0.2, 0) is 11.3 Å². The molecule has 0 radical (unpaired) electrons. The number of rotatable bonds is 4. The standard InChI is InChI=1S/C21H29ClN2O.ClH/c1-15-5-4-10-24(15)14-17-7-6-16(13-20(17)22)18-11-19(12-18)21(25)23-8-2-3-9-23;/h6-7,13,15,18-19H,2-5,8-12,14H2,1H3;1H/t15-,18-,19-;/m1./s1. The summed E-state index contributed by atoms with van der Waals surface area (Å²) >= 11 is 6.58. The van der Waals surface area contributed by atoms with Crippen LogP contribution in [0.25, 0.3) is 0 Å². The predicted octanol–water partition coefficient (Wildman–Crippen LogP) is 4.86. The van der Waals surface area contributed by atoms with Gasteiger partial charge in [-0.25, -0.2) is 0 Å². The molecule has 0 spiro atoms. The van der Waals surface area contributed by atoms with Crippen molar-refractivity contribution >= 4 is 29.9 Å². The summed E-state index contributed by atoms with van der Waals surface area (Å²) in [6, 6.07) is 7.26. The van der Waals surface area contributed by atoms with Gasteiger partial charge in [0.1, 0.15) is 0 Å². The molecule has 1 aliphatic carbocycles. The Morgan fingerprint density at radius 2 is 1.88 bits per heavy atom. The van der Waals surface area contributed by atoms with E-state index in [0.717, 1.165) is 37.5 Å². The first-order valence-corrected chi connectivity index (χ1v) is 10.3. The van der Waals surface area contributed by atoms with Crippen LogP contribution in [0.2, 0.25) is 5.02 Å². The topological polar surface area (TPSA) is 23.6 Å². The maximum absolute atomic E-state index is 12.4. The molecule has 2 aliphatic heterocycles. The van der Waals surface area contributed by atoms with Crippen molar-refractivity contribution in [1.29, 1.82) is 0 Å². The van der Waals surface area contributed by atoms with E-state index in [0.29, 0.717) is 17.9 Å². The lowest BCUT2D eigenvalue weighted by Gasteiger charge is -2.37. The third kappa shape index (κ3) is 4.05. The van der Waals surface area contributed by atoms with Gasteiger partial charge >= 0.3 is 0 Å². The highest BCUT2D eigenvalue weighted by Gasteiger charge is 2.38. The second kappa shape index (κ2) is 8.50. The average Bonchev–Trinajstić information content (AvgIpc) is 3.20. The van der Waals surface area contributed by atoms with Gasteiger partial charge in [-0.05, 0) is 75.1 Å². The van der Waals surface area contributed by atoms with Crippen LogP contribution in [0.3, 0.4) is 0 Å². The molecular weight excluding hydrogens is 367 g/mol. The molecule has 3 fully saturated rings. The minimum absolute atomic E-state index is 0. The summed E-state index contributed by atoms with van der Waals surface area (Å²) in [5, 5.41) is 0.894. The van der Waals surface area contributed by atoms with Crippen molar-refractivity contribution in [2.45, 2.75) is 64.0 Å². The van der Waals surface area contributed by atoms with Crippen molar-refractivity contribution in [1.82, 2.24) is 9.80 Å². The number of likely N-dealkylation sites (tertiary alicyclic amines) is 2. The second-order valence-electron chi connectivity index (χ2n) is 8.21. The molecule has 0 aromatic heterocycles. The van der Waals surface area contributed by atoms with Crippen LogP contribution < -0.4 is 0 Å². The third-order valence-electron chi connectivity index (χ3n) is 6.52. The van der Waals surface area contributed by atoms with Crippen molar-refractivity contribution in [2.75, 3.05) is 19.6 Å². The summed E-state index contributed by atoms with van der Waals surface area (Å²) in [6.07, 6.45) is 6.93. The molecule has 1 amide bonds. The van der Waals surface area contributed by atoms with Crippen molar-refractivity contribution in [3.05, 3.63) is 34.3 Å². The molecule has 4 rings (SSSR count). The molecule has 0 unspecified atom stereocenters. The number of halogens is 2. The van der Waals surface area contributed by atoms with Crippen LogP contribution in [0.4, 0.5) is 0 Å². The van der Waals surface area contributed by atoms with E-state index in [-0.39, 0.29) is 18.3 Å². The lowest BCUT2D eigenvalue weighted by Crippen LogP contribution is -2.39. The highest BCUT2D eigenvalue weighted by molar-refractivity contribution is 6.31. The molecule has 2 heterocycles. The van der Waals surface area contributed by atoms with E-state index in [1.54, 1.807) is 0 Å². The Labute approximate surface area is 168 Å². The summed E-state index contributed by atoms with van der Waals surface area (Å²) in [6.45, 7) is 6.38. The molecule has 3 aliphatic rings. The molecule has 0 bridgehead atoms. The summed E-state index contributed by atoms with van der Waals surface area (Å²) < 4.78 is 0. The molecule has 1 saturated carbocycles. The highest BCUT2D eigenvalue weighted by atomic mass is 35.5. The zero-order chi connectivity index (χ0) is 17.4. The van der Waals surface area contributed by atoms with E-state index < -0.39 is 0 Å². The maximum atomic E-state index is 12.4. The Hall–Kier alpha value is -0.770. The fraction of sp³-hybridized carbons (Fsp3) is 0.667. The van der Waals surface area contributed by atoms with E-state index in [9.17, 15) is 4.79 Å². The maximum Gasteiger partial charge on any atom is 0.225 e. The van der Waals surface area contributed by atoms with Crippen molar-refractivity contribution in [3.8, 4) is 0 Å². The fourth-order valence-electron chi connectivity index (χ4n) is 4.68. The number of hydrogen-bond donors (Lipinski definition) is 0. The van der Waals surface area contributed by atoms with E-state index in [1.165, 1.54) is 43.4 Å². The first-order valence-electron chi connectivity index (χ1n) is 9.93. The molecular formula is C21H30Cl2N2O. The van der Waals surface area contributed by atoms with Gasteiger partial charge < -0.3 is 4.90 Å². The zero-order valence-corrected chi connectivity index (χ0v) is 17.2. The normalized spacial score (nSPS) is 28.7. The van der Waals surface area contributed by atoms with Crippen LogP contribution in [0, 0.1) is 5.92 Å². The van der Waals surface area contributed by atoms with Crippen LogP contribution in [-0.4, -0.2) is 41.4 Å². The van der Waals surface area contributed by atoms with Crippen LogP contribution in [0.1, 0.15) is 62.5 Å². The smallest absolute Gasteiger partial charge is 0.225 e. The van der Waals surface area contributed by atoms with Crippen LogP contribution in [0.15, 0.2) is 18.2 Å². The molecule has 3 nitrogen and oxygen atoms in total. The molecule has 5 heteroatoms. The largest absolute Gasteiger partial charge is 0.342 e. The first kappa shape index (κ1) is 20.0. The average molecular weight is 397 g/mol. The van der Waals surface area contributed by atoms with E-state index in [4.69, 9.17) is 11.6 Å². The predicted molar refractivity (Wildman–Crippen MR) is 109 cm³/mol. The van der Waals surface area contributed by atoms with Crippen molar-refractivity contribution < 1.29 is 4.79 Å². The third-order valence-corrected chi connectivity index (χ3v) is 6.87. The summed E-state index contributed by atoms with van der Waals surface area (Å²) in [7, 11) is 0. The quantitative estimate of drug-likeness (QED) is 0.724. The molecule has 2 saturated heterocycles. The van der Waals surface area contributed by atoms with E-state index >= 15 is 0 Å². The number of nitrogens with zero attached hydrogens (tertiary/aromatic N) is 2. The molecule has 26 heavy (non-hydrogen) atoms. The van der Waals surface area contributed by atoms with E-state index in [2.05, 4.69) is 34.9 Å². The van der Waals surface area contributed by atoms with Crippen molar-refractivity contribution in [3.63, 3.8) is 0 Å². The van der Waals surface area contributed by atoms with Gasteiger partial charge in [0, 0.05) is 36.6 Å². The first-order chi connectivity index (χ1) is 12.1. The zero-order valence-electron chi connectivity index (χ0n) is 15.6. The van der Waals surface area contributed by atoms with Crippen molar-refractivity contribution in [2.24, 2.45) is 5.92 Å². The summed E-state index contributed by atoms with van der Waals surface area (Å²) in [5.41, 5.74) is 2.55. The van der Waals surface area contributed by atoms with Gasteiger partial charge in [0.25, 0.3) is 0 Å². The molecule has 1 aromatic rings. The van der Waals surface area contributed by atoms with Gasteiger partial charge in [-0.3, -0.25) is 9.69 Å². The highest BCUT2D eigenvalue weighted by Crippen LogP contribution is 2.43. The lowest BCUT2D eigenvalue weighted by atomic mass is 9.70. The Morgan fingerprint density at radius 1 is 1.15 bits per heavy atom. The fourth-order valence-corrected chi connectivity index (χ4v) is 4.93. The Balaban J connectivity index is 0.00000196. The minimum Gasteiger partial charge on any atom is -0.342 e. The SMILES string of the molecule is C[C@@H]1CCCN1Cc1ccc([C@H]2C[C@H](C(=O)N3CCCC3)C2)cc1Cl.Cl. The summed E-state index contributed by atoms with van der Waals surface area (Å²) in [5.74, 6) is 1.14. The van der Waals surface area contributed by atoms with Crippen LogP contribution in [0.5, 0.6) is 0 Å². The van der Waals surface area contributed by atoms with Gasteiger partial charge in [0.15, 0.2) is 0 Å². The van der Waals surface area contributed by atoms with Gasteiger partial charge in [0.2, 0.25) is 5.91 Å². The Kier molecular flexibility index (Phi) is 6.53. The molecule has 1 aromatic carbocycles. The summed E-state index contributed by atoms with van der Waals surface area (Å²) in [4.78, 5) is 17.0. The molecule has 144 valence electrons. The Morgan fingerprint density at radius 3 is 2.50 bits per heavy atom. The number of hydrogen-bond acceptors (Lipinski definition) is 2. The Bertz CT molecular complexity index is 639. The van der Waals surface area contributed by atoms with Gasteiger partial charge in [0.05, 0.1) is 0 Å². The minimum atomic E-state index is 0.